The van der Waals surface area contributed by atoms with Crippen molar-refractivity contribution in [2.45, 2.75) is 13.0 Å². The second-order valence-electron chi connectivity index (χ2n) is 4.58. The SMILES string of the molecule is CN(CCNCCc1ccsc1)Cc1ccc(Cl)s1. The average molecular weight is 315 g/mol. The van der Waals surface area contributed by atoms with Crippen LogP contribution in [-0.2, 0) is 13.0 Å². The van der Waals surface area contributed by atoms with Crippen molar-refractivity contribution >= 4 is 34.3 Å². The van der Waals surface area contributed by atoms with Crippen molar-refractivity contribution in [3.63, 3.8) is 0 Å². The van der Waals surface area contributed by atoms with Crippen LogP contribution < -0.4 is 5.32 Å². The molecule has 0 spiro atoms. The Bertz CT molecular complexity index is 468. The second kappa shape index (κ2) is 8.02. The average Bonchev–Trinajstić information content (AvgIpc) is 3.01. The minimum absolute atomic E-state index is 0.872. The Balaban J connectivity index is 1.55. The summed E-state index contributed by atoms with van der Waals surface area (Å²) in [5, 5.41) is 7.84. The highest BCUT2D eigenvalue weighted by molar-refractivity contribution is 7.16. The molecule has 0 aliphatic rings. The third-order valence-electron chi connectivity index (χ3n) is 2.90. The third kappa shape index (κ3) is 5.63. The van der Waals surface area contributed by atoms with Crippen molar-refractivity contribution in [2.75, 3.05) is 26.7 Å². The number of halogens is 1. The van der Waals surface area contributed by atoms with Gasteiger partial charge in [0.2, 0.25) is 0 Å². The first-order valence-electron chi connectivity index (χ1n) is 6.38. The first-order valence-corrected chi connectivity index (χ1v) is 8.52. The number of likely N-dealkylation sites (N-methyl/N-ethyl adjacent to an activating group) is 1. The van der Waals surface area contributed by atoms with Crippen molar-refractivity contribution in [3.05, 3.63) is 43.7 Å². The minimum Gasteiger partial charge on any atom is -0.315 e. The number of nitrogens with one attached hydrogen (secondary N) is 1. The molecule has 5 heteroatoms. The van der Waals surface area contributed by atoms with Crippen LogP contribution in [0.1, 0.15) is 10.4 Å². The molecule has 2 heterocycles. The van der Waals surface area contributed by atoms with Crippen molar-refractivity contribution in [1.82, 2.24) is 10.2 Å². The van der Waals surface area contributed by atoms with Gasteiger partial charge in [-0.1, -0.05) is 11.6 Å². The number of hydrogen-bond acceptors (Lipinski definition) is 4. The van der Waals surface area contributed by atoms with Crippen LogP contribution in [-0.4, -0.2) is 31.6 Å². The molecule has 0 atom stereocenters. The van der Waals surface area contributed by atoms with E-state index in [0.717, 1.165) is 36.9 Å². The van der Waals surface area contributed by atoms with Gasteiger partial charge in [-0.25, -0.2) is 0 Å². The molecule has 19 heavy (non-hydrogen) atoms. The molecule has 0 unspecified atom stereocenters. The Hall–Kier alpha value is -0.390. The van der Waals surface area contributed by atoms with Gasteiger partial charge < -0.3 is 10.2 Å². The van der Waals surface area contributed by atoms with Crippen LogP contribution >= 0.6 is 34.3 Å². The Morgan fingerprint density at radius 2 is 2.16 bits per heavy atom. The molecule has 0 amide bonds. The zero-order valence-electron chi connectivity index (χ0n) is 11.1. The molecular formula is C14H19ClN2S2. The van der Waals surface area contributed by atoms with Gasteiger partial charge in [-0.15, -0.1) is 11.3 Å². The maximum atomic E-state index is 5.93. The smallest absolute Gasteiger partial charge is 0.0931 e. The first-order chi connectivity index (χ1) is 9.24. The summed E-state index contributed by atoms with van der Waals surface area (Å²) in [7, 11) is 2.15. The van der Waals surface area contributed by atoms with E-state index in [4.69, 9.17) is 11.6 Å². The zero-order valence-corrected chi connectivity index (χ0v) is 13.5. The van der Waals surface area contributed by atoms with E-state index in [-0.39, 0.29) is 0 Å². The Kier molecular flexibility index (Phi) is 6.34. The van der Waals surface area contributed by atoms with Gasteiger partial charge in [0.25, 0.3) is 0 Å². The van der Waals surface area contributed by atoms with Crippen molar-refractivity contribution < 1.29 is 0 Å². The summed E-state index contributed by atoms with van der Waals surface area (Å²) in [5.41, 5.74) is 1.43. The molecule has 2 rings (SSSR count). The van der Waals surface area contributed by atoms with Gasteiger partial charge in [0.05, 0.1) is 4.34 Å². The number of rotatable bonds is 8. The minimum atomic E-state index is 0.872. The molecule has 2 aromatic heterocycles. The lowest BCUT2D eigenvalue weighted by Gasteiger charge is -2.15. The standard InChI is InChI=1S/C14H19ClN2S2/c1-17(10-13-2-3-14(15)19-13)8-7-16-6-4-12-5-9-18-11-12/h2-3,5,9,11,16H,4,6-8,10H2,1H3. The number of nitrogens with zero attached hydrogens (tertiary/aromatic N) is 1. The third-order valence-corrected chi connectivity index (χ3v) is 4.84. The normalized spacial score (nSPS) is 11.3. The van der Waals surface area contributed by atoms with Crippen LogP contribution in [0.3, 0.4) is 0 Å². The molecule has 0 aromatic carbocycles. The molecule has 104 valence electrons. The van der Waals surface area contributed by atoms with Gasteiger partial charge in [0.1, 0.15) is 0 Å². The maximum absolute atomic E-state index is 5.93. The van der Waals surface area contributed by atoms with Crippen LogP contribution in [0.4, 0.5) is 0 Å². The summed E-state index contributed by atoms with van der Waals surface area (Å²) >= 11 is 9.36. The monoisotopic (exact) mass is 314 g/mol. The fraction of sp³-hybridized carbons (Fsp3) is 0.429. The lowest BCUT2D eigenvalue weighted by atomic mass is 10.2. The molecule has 0 aliphatic carbocycles. The molecule has 0 radical (unpaired) electrons. The lowest BCUT2D eigenvalue weighted by Crippen LogP contribution is -2.29. The van der Waals surface area contributed by atoms with E-state index in [1.165, 1.54) is 10.4 Å². The van der Waals surface area contributed by atoms with E-state index in [2.05, 4.69) is 40.2 Å². The summed E-state index contributed by atoms with van der Waals surface area (Å²) in [6.07, 6.45) is 1.12. The quantitative estimate of drug-likeness (QED) is 0.747. The molecular weight excluding hydrogens is 296 g/mol. The first kappa shape index (κ1) is 15.0. The van der Waals surface area contributed by atoms with Crippen molar-refractivity contribution in [3.8, 4) is 0 Å². The van der Waals surface area contributed by atoms with Crippen LogP contribution in [0.15, 0.2) is 29.0 Å². The summed E-state index contributed by atoms with van der Waals surface area (Å²) < 4.78 is 0.872. The van der Waals surface area contributed by atoms with Crippen LogP contribution in [0, 0.1) is 0 Å². The lowest BCUT2D eigenvalue weighted by molar-refractivity contribution is 0.327. The van der Waals surface area contributed by atoms with Crippen molar-refractivity contribution in [1.29, 1.82) is 0 Å². The Morgan fingerprint density at radius 3 is 2.84 bits per heavy atom. The summed E-state index contributed by atoms with van der Waals surface area (Å²) in [6.45, 7) is 4.11. The van der Waals surface area contributed by atoms with Crippen LogP contribution in [0.2, 0.25) is 4.34 Å². The molecule has 1 N–H and O–H groups in total. The van der Waals surface area contributed by atoms with Gasteiger partial charge >= 0.3 is 0 Å². The van der Waals surface area contributed by atoms with Gasteiger partial charge in [-0.05, 0) is 54.5 Å². The summed E-state index contributed by atoms with van der Waals surface area (Å²) in [6, 6.07) is 6.26. The highest BCUT2D eigenvalue weighted by atomic mass is 35.5. The number of thiophene rings is 2. The van der Waals surface area contributed by atoms with Gasteiger partial charge in [0.15, 0.2) is 0 Å². The fourth-order valence-corrected chi connectivity index (χ4v) is 3.72. The predicted octanol–water partition coefficient (Wildman–Crippen LogP) is 3.73. The van der Waals surface area contributed by atoms with E-state index in [9.17, 15) is 0 Å². The Morgan fingerprint density at radius 1 is 1.26 bits per heavy atom. The zero-order chi connectivity index (χ0) is 13.5. The van der Waals surface area contributed by atoms with E-state index in [1.54, 1.807) is 22.7 Å². The van der Waals surface area contributed by atoms with Gasteiger partial charge in [-0.3, -0.25) is 0 Å². The van der Waals surface area contributed by atoms with Crippen LogP contribution in [0.25, 0.3) is 0 Å². The highest BCUT2D eigenvalue weighted by Crippen LogP contribution is 2.22. The maximum Gasteiger partial charge on any atom is 0.0931 e. The van der Waals surface area contributed by atoms with E-state index >= 15 is 0 Å². The fourth-order valence-electron chi connectivity index (χ4n) is 1.84. The highest BCUT2D eigenvalue weighted by Gasteiger charge is 2.02. The second-order valence-corrected chi connectivity index (χ2v) is 7.15. The largest absolute Gasteiger partial charge is 0.315 e. The van der Waals surface area contributed by atoms with Crippen LogP contribution in [0.5, 0.6) is 0 Å². The molecule has 0 aliphatic heterocycles. The van der Waals surface area contributed by atoms with Gasteiger partial charge in [-0.2, -0.15) is 11.3 Å². The Labute approximate surface area is 128 Å². The van der Waals surface area contributed by atoms with Gasteiger partial charge in [0, 0.05) is 24.5 Å². The molecule has 0 saturated carbocycles. The topological polar surface area (TPSA) is 15.3 Å². The summed E-state index contributed by atoms with van der Waals surface area (Å²) in [5.74, 6) is 0. The van der Waals surface area contributed by atoms with Crippen molar-refractivity contribution in [2.24, 2.45) is 0 Å². The van der Waals surface area contributed by atoms with E-state index in [0.29, 0.717) is 0 Å². The molecule has 0 saturated heterocycles. The predicted molar refractivity (Wildman–Crippen MR) is 86.6 cm³/mol. The van der Waals surface area contributed by atoms with E-state index < -0.39 is 0 Å². The molecule has 0 fully saturated rings. The van der Waals surface area contributed by atoms with E-state index in [1.807, 2.05) is 6.07 Å². The molecule has 0 bridgehead atoms. The molecule has 2 aromatic rings. The summed E-state index contributed by atoms with van der Waals surface area (Å²) in [4.78, 5) is 3.64. The molecule has 2 nitrogen and oxygen atoms in total. The number of hydrogen-bond donors (Lipinski definition) is 1.